The molecule has 0 unspecified atom stereocenters. The predicted molar refractivity (Wildman–Crippen MR) is 76.5 cm³/mol. The molecule has 110 valence electrons. The van der Waals surface area contributed by atoms with Gasteiger partial charge in [0.05, 0.1) is 5.56 Å². The zero-order valence-electron chi connectivity index (χ0n) is 11.3. The van der Waals surface area contributed by atoms with E-state index in [9.17, 15) is 9.90 Å². The number of aromatic nitrogens is 3. The first-order chi connectivity index (χ1) is 10.7. The van der Waals surface area contributed by atoms with Crippen molar-refractivity contribution < 1.29 is 19.1 Å². The predicted octanol–water partition coefficient (Wildman–Crippen LogP) is 2.97. The monoisotopic (exact) mass is 297 g/mol. The van der Waals surface area contributed by atoms with Crippen LogP contribution < -0.4 is 4.74 Å². The lowest BCUT2D eigenvalue weighted by Gasteiger charge is -2.04. The van der Waals surface area contributed by atoms with Gasteiger partial charge in [-0.3, -0.25) is 9.89 Å². The van der Waals surface area contributed by atoms with Gasteiger partial charge in [0.25, 0.3) is 0 Å². The maximum atomic E-state index is 11.8. The van der Waals surface area contributed by atoms with Crippen LogP contribution in [0.2, 0.25) is 0 Å². The summed E-state index contributed by atoms with van der Waals surface area (Å²) in [5, 5.41) is 16.1. The Balaban J connectivity index is 1.83. The van der Waals surface area contributed by atoms with Gasteiger partial charge in [-0.2, -0.15) is 5.10 Å². The van der Waals surface area contributed by atoms with Crippen molar-refractivity contribution in [3.05, 3.63) is 66.6 Å². The molecule has 0 saturated carbocycles. The fraction of sp³-hybridized carbons (Fsp3) is 0. The van der Waals surface area contributed by atoms with Crippen LogP contribution in [0.25, 0.3) is 5.76 Å². The summed E-state index contributed by atoms with van der Waals surface area (Å²) in [6.45, 7) is 0. The second-order valence-corrected chi connectivity index (χ2v) is 4.29. The van der Waals surface area contributed by atoms with Crippen molar-refractivity contribution in [2.75, 3.05) is 0 Å². The fourth-order valence-corrected chi connectivity index (χ4v) is 1.76. The van der Waals surface area contributed by atoms with Gasteiger partial charge in [0.1, 0.15) is 30.4 Å². The number of rotatable bonds is 5. The summed E-state index contributed by atoms with van der Waals surface area (Å²) in [6.07, 6.45) is 4.85. The molecule has 0 aliphatic carbocycles. The van der Waals surface area contributed by atoms with E-state index in [1.165, 1.54) is 18.9 Å². The molecule has 0 aliphatic heterocycles. The van der Waals surface area contributed by atoms with E-state index in [-0.39, 0.29) is 17.1 Å². The number of allylic oxidation sites excluding steroid dienone is 1. The molecule has 22 heavy (non-hydrogen) atoms. The second kappa shape index (κ2) is 5.96. The van der Waals surface area contributed by atoms with E-state index in [1.807, 2.05) is 18.2 Å². The molecule has 1 aromatic carbocycles. The van der Waals surface area contributed by atoms with Gasteiger partial charge < -0.3 is 14.3 Å². The van der Waals surface area contributed by atoms with Gasteiger partial charge in [-0.25, -0.2) is 4.98 Å². The van der Waals surface area contributed by atoms with Crippen molar-refractivity contribution in [3.63, 3.8) is 0 Å². The van der Waals surface area contributed by atoms with E-state index < -0.39 is 5.78 Å². The van der Waals surface area contributed by atoms with Crippen molar-refractivity contribution in [1.29, 1.82) is 0 Å². The summed E-state index contributed by atoms with van der Waals surface area (Å²) in [5.41, 5.74) is 0.261. The summed E-state index contributed by atoms with van der Waals surface area (Å²) < 4.78 is 10.6. The number of H-pyrrole nitrogens is 1. The first-order valence-electron chi connectivity index (χ1n) is 6.34. The number of furan rings is 1. The molecule has 0 aliphatic rings. The molecule has 0 atom stereocenters. The fourth-order valence-electron chi connectivity index (χ4n) is 1.76. The Bertz CT molecular complexity index is 791. The third-order valence-corrected chi connectivity index (χ3v) is 2.79. The number of nitrogens with zero attached hydrogens (tertiary/aromatic N) is 2. The first-order valence-corrected chi connectivity index (χ1v) is 6.34. The van der Waals surface area contributed by atoms with Crippen LogP contribution in [0, 0.1) is 0 Å². The SMILES string of the molecule is O=C(C=C(O)c1cocc1Oc1ccccc1)c1ncn[nH]1. The highest BCUT2D eigenvalue weighted by Gasteiger charge is 2.15. The molecule has 2 heterocycles. The van der Waals surface area contributed by atoms with E-state index in [1.54, 1.807) is 12.1 Å². The van der Waals surface area contributed by atoms with Gasteiger partial charge in [-0.15, -0.1) is 0 Å². The first kappa shape index (κ1) is 13.6. The standard InChI is InChI=1S/C15H11N3O4/c19-12(6-13(20)15-16-9-17-18-15)11-7-21-8-14(11)22-10-4-2-1-3-5-10/h1-9,19H,(H,16,17,18). The van der Waals surface area contributed by atoms with Gasteiger partial charge in [-0.05, 0) is 12.1 Å². The number of ether oxygens (including phenoxy) is 1. The average Bonchev–Trinajstić information content (AvgIpc) is 3.19. The molecule has 0 radical (unpaired) electrons. The number of hydrogen-bond donors (Lipinski definition) is 2. The highest BCUT2D eigenvalue weighted by Crippen LogP contribution is 2.30. The Kier molecular flexibility index (Phi) is 3.69. The van der Waals surface area contributed by atoms with Gasteiger partial charge in [0.15, 0.2) is 11.6 Å². The van der Waals surface area contributed by atoms with E-state index in [2.05, 4.69) is 15.2 Å². The second-order valence-electron chi connectivity index (χ2n) is 4.29. The molecule has 0 fully saturated rings. The number of nitrogens with one attached hydrogen (secondary N) is 1. The zero-order valence-corrected chi connectivity index (χ0v) is 11.3. The molecule has 0 bridgehead atoms. The summed E-state index contributed by atoms with van der Waals surface area (Å²) in [5.74, 6) is 0.105. The normalized spacial score (nSPS) is 11.4. The number of ketones is 1. The minimum atomic E-state index is -0.512. The van der Waals surface area contributed by atoms with Gasteiger partial charge in [-0.1, -0.05) is 18.2 Å². The van der Waals surface area contributed by atoms with E-state index in [0.717, 1.165) is 6.08 Å². The van der Waals surface area contributed by atoms with Crippen molar-refractivity contribution in [2.45, 2.75) is 0 Å². The van der Waals surface area contributed by atoms with Crippen molar-refractivity contribution >= 4 is 11.5 Å². The molecule has 7 heteroatoms. The minimum Gasteiger partial charge on any atom is -0.507 e. The van der Waals surface area contributed by atoms with Crippen LogP contribution in [0.4, 0.5) is 0 Å². The smallest absolute Gasteiger partial charge is 0.226 e. The largest absolute Gasteiger partial charge is 0.507 e. The zero-order chi connectivity index (χ0) is 15.4. The number of hydrogen-bond acceptors (Lipinski definition) is 6. The molecular weight excluding hydrogens is 286 g/mol. The number of carbonyl (C=O) groups excluding carboxylic acids is 1. The van der Waals surface area contributed by atoms with Crippen LogP contribution in [0.15, 0.2) is 59.7 Å². The van der Waals surface area contributed by atoms with Crippen LogP contribution in [0.1, 0.15) is 16.2 Å². The van der Waals surface area contributed by atoms with Gasteiger partial charge in [0, 0.05) is 6.08 Å². The summed E-state index contributed by atoms with van der Waals surface area (Å²) in [6, 6.07) is 9.02. The molecule has 3 aromatic rings. The average molecular weight is 297 g/mol. The third-order valence-electron chi connectivity index (χ3n) is 2.79. The van der Waals surface area contributed by atoms with Crippen molar-refractivity contribution in [2.24, 2.45) is 0 Å². The number of benzene rings is 1. The summed E-state index contributed by atoms with van der Waals surface area (Å²) in [7, 11) is 0. The molecule has 7 nitrogen and oxygen atoms in total. The summed E-state index contributed by atoms with van der Waals surface area (Å²) in [4.78, 5) is 15.6. The Morgan fingerprint density at radius 2 is 2.09 bits per heavy atom. The number of aliphatic hydroxyl groups is 1. The Labute approximate surface area is 124 Å². The number of aromatic amines is 1. The molecule has 0 amide bonds. The lowest BCUT2D eigenvalue weighted by atomic mass is 10.2. The molecule has 3 rings (SSSR count). The van der Waals surface area contributed by atoms with Gasteiger partial charge >= 0.3 is 0 Å². The molecule has 0 saturated heterocycles. The number of aliphatic hydroxyl groups excluding tert-OH is 1. The van der Waals surface area contributed by atoms with E-state index in [0.29, 0.717) is 11.5 Å². The lowest BCUT2D eigenvalue weighted by molar-refractivity contribution is 0.103. The van der Waals surface area contributed by atoms with Crippen molar-refractivity contribution in [3.8, 4) is 11.5 Å². The molecule has 2 aromatic heterocycles. The minimum absolute atomic E-state index is 0.0283. The van der Waals surface area contributed by atoms with Crippen molar-refractivity contribution in [1.82, 2.24) is 15.2 Å². The Morgan fingerprint density at radius 1 is 1.27 bits per heavy atom. The lowest BCUT2D eigenvalue weighted by Crippen LogP contribution is -1.99. The molecular formula is C15H11N3O4. The maximum Gasteiger partial charge on any atom is 0.226 e. The quantitative estimate of drug-likeness (QED) is 0.426. The van der Waals surface area contributed by atoms with Crippen LogP contribution in [-0.4, -0.2) is 26.1 Å². The van der Waals surface area contributed by atoms with E-state index >= 15 is 0 Å². The van der Waals surface area contributed by atoms with Crippen LogP contribution in [-0.2, 0) is 0 Å². The number of para-hydroxylation sites is 1. The summed E-state index contributed by atoms with van der Waals surface area (Å²) >= 11 is 0. The highest BCUT2D eigenvalue weighted by atomic mass is 16.5. The Hall–Kier alpha value is -3.35. The molecule has 2 N–H and O–H groups in total. The van der Waals surface area contributed by atoms with E-state index in [4.69, 9.17) is 9.15 Å². The molecule has 0 spiro atoms. The highest BCUT2D eigenvalue weighted by molar-refractivity contribution is 6.05. The van der Waals surface area contributed by atoms with Crippen LogP contribution in [0.3, 0.4) is 0 Å². The van der Waals surface area contributed by atoms with Gasteiger partial charge in [0.2, 0.25) is 5.78 Å². The third kappa shape index (κ3) is 2.88. The Morgan fingerprint density at radius 3 is 2.82 bits per heavy atom. The van der Waals surface area contributed by atoms with Crippen LogP contribution >= 0.6 is 0 Å². The number of carbonyl (C=O) groups is 1. The maximum absolute atomic E-state index is 11.8. The van der Waals surface area contributed by atoms with Crippen LogP contribution in [0.5, 0.6) is 11.5 Å². The topological polar surface area (TPSA) is 101 Å².